The van der Waals surface area contributed by atoms with Crippen molar-refractivity contribution in [2.75, 3.05) is 6.61 Å². The Hall–Kier alpha value is -4.19. The topological polar surface area (TPSA) is 78.9 Å². The molecule has 0 amide bonds. The number of carbonyl (C=O) groups is 3. The fraction of sp³-hybridized carbons (Fsp3) is 0.115. The Balaban J connectivity index is 1.78. The molecule has 0 aliphatic carbocycles. The molecule has 0 atom stereocenters. The molecule has 0 aliphatic heterocycles. The highest BCUT2D eigenvalue weighted by molar-refractivity contribution is 6.05. The third kappa shape index (κ3) is 6.15. The molecule has 0 saturated carbocycles. The van der Waals surface area contributed by atoms with Gasteiger partial charge in [-0.15, -0.1) is 0 Å². The van der Waals surface area contributed by atoms with Crippen molar-refractivity contribution in [3.63, 3.8) is 0 Å². The molecule has 3 rings (SSSR count). The van der Waals surface area contributed by atoms with Crippen molar-refractivity contribution in [3.8, 4) is 0 Å². The van der Waals surface area contributed by atoms with Crippen LogP contribution in [0.15, 0.2) is 91.5 Å². The van der Waals surface area contributed by atoms with Crippen LogP contribution in [-0.2, 0) is 27.4 Å². The summed E-state index contributed by atoms with van der Waals surface area (Å²) in [5.74, 6) is -2.10. The Bertz CT molecular complexity index is 1090. The molecule has 6 heteroatoms. The summed E-state index contributed by atoms with van der Waals surface area (Å²) in [5, 5.41) is 0. The van der Waals surface area contributed by atoms with Gasteiger partial charge in [0.15, 0.2) is 0 Å². The summed E-state index contributed by atoms with van der Waals surface area (Å²) in [6.07, 6.45) is 1.41. The zero-order valence-electron chi connectivity index (χ0n) is 17.4. The normalized spacial score (nSPS) is 10.1. The molecule has 32 heavy (non-hydrogen) atoms. The van der Waals surface area contributed by atoms with Gasteiger partial charge in [-0.05, 0) is 29.3 Å². The summed E-state index contributed by atoms with van der Waals surface area (Å²) in [7, 11) is 0. The van der Waals surface area contributed by atoms with Gasteiger partial charge in [-0.2, -0.15) is 0 Å². The van der Waals surface area contributed by atoms with Gasteiger partial charge in [0.1, 0.15) is 19.8 Å². The van der Waals surface area contributed by atoms with Gasteiger partial charge in [-0.1, -0.05) is 73.3 Å². The number of esters is 3. The minimum Gasteiger partial charge on any atom is -0.458 e. The lowest BCUT2D eigenvalue weighted by atomic mass is 10.0. The van der Waals surface area contributed by atoms with E-state index >= 15 is 0 Å². The van der Waals surface area contributed by atoms with Crippen LogP contribution >= 0.6 is 0 Å². The van der Waals surface area contributed by atoms with Crippen molar-refractivity contribution in [1.29, 1.82) is 0 Å². The average molecular weight is 430 g/mol. The minimum absolute atomic E-state index is 0.00500. The fourth-order valence-electron chi connectivity index (χ4n) is 2.84. The quantitative estimate of drug-likeness (QED) is 0.277. The molecular formula is C26H22O6. The van der Waals surface area contributed by atoms with Crippen LogP contribution in [0.2, 0.25) is 0 Å². The van der Waals surface area contributed by atoms with Gasteiger partial charge in [-0.25, -0.2) is 14.4 Å². The van der Waals surface area contributed by atoms with Crippen LogP contribution in [-0.4, -0.2) is 24.5 Å². The van der Waals surface area contributed by atoms with E-state index in [4.69, 9.17) is 14.2 Å². The van der Waals surface area contributed by atoms with E-state index in [1.54, 1.807) is 0 Å². The molecule has 0 aromatic heterocycles. The highest BCUT2D eigenvalue weighted by atomic mass is 16.5. The van der Waals surface area contributed by atoms with Gasteiger partial charge in [0.05, 0.1) is 16.7 Å². The molecule has 0 spiro atoms. The molecule has 0 N–H and O–H groups in total. The highest BCUT2D eigenvalue weighted by Crippen LogP contribution is 2.18. The lowest BCUT2D eigenvalue weighted by Gasteiger charge is -2.11. The maximum absolute atomic E-state index is 12.6. The lowest BCUT2D eigenvalue weighted by Crippen LogP contribution is -2.16. The van der Waals surface area contributed by atoms with E-state index in [2.05, 4.69) is 6.58 Å². The van der Waals surface area contributed by atoms with Crippen LogP contribution < -0.4 is 0 Å². The van der Waals surface area contributed by atoms with Gasteiger partial charge < -0.3 is 14.2 Å². The predicted molar refractivity (Wildman–Crippen MR) is 118 cm³/mol. The standard InChI is InChI=1S/C26H22O6/c1-2-15-30-26(29)23-16-21(24(27)31-17-19-9-5-3-6-10-19)13-14-22(23)25(28)32-18-20-11-7-4-8-12-20/h2-14,16H,1,15,17-18H2. The number of carbonyl (C=O) groups excluding carboxylic acids is 3. The molecule has 0 unspecified atom stereocenters. The third-order valence-corrected chi connectivity index (χ3v) is 4.45. The number of ether oxygens (including phenoxy) is 3. The monoisotopic (exact) mass is 430 g/mol. The maximum atomic E-state index is 12.6. The van der Waals surface area contributed by atoms with Crippen molar-refractivity contribution < 1.29 is 28.6 Å². The van der Waals surface area contributed by atoms with Crippen LogP contribution in [0, 0.1) is 0 Å². The minimum atomic E-state index is -0.769. The first kappa shape index (κ1) is 22.5. The Morgan fingerprint density at radius 3 is 1.75 bits per heavy atom. The van der Waals surface area contributed by atoms with Crippen molar-refractivity contribution in [1.82, 2.24) is 0 Å². The fourth-order valence-corrected chi connectivity index (χ4v) is 2.84. The molecular weight excluding hydrogens is 408 g/mol. The largest absolute Gasteiger partial charge is 0.458 e. The van der Waals surface area contributed by atoms with Gasteiger partial charge in [0.25, 0.3) is 0 Å². The number of rotatable bonds is 9. The summed E-state index contributed by atoms with van der Waals surface area (Å²) in [6.45, 7) is 3.58. The molecule has 0 radical (unpaired) electrons. The van der Waals surface area contributed by atoms with E-state index in [1.807, 2.05) is 60.7 Å². The maximum Gasteiger partial charge on any atom is 0.339 e. The first-order valence-electron chi connectivity index (χ1n) is 9.92. The SMILES string of the molecule is C=CCOC(=O)c1cc(C(=O)OCc2ccccc2)ccc1C(=O)OCc1ccccc1. The average Bonchev–Trinajstić information content (AvgIpc) is 2.85. The smallest absolute Gasteiger partial charge is 0.339 e. The van der Waals surface area contributed by atoms with Crippen molar-refractivity contribution in [3.05, 3.63) is 119 Å². The van der Waals surface area contributed by atoms with Gasteiger partial charge in [0, 0.05) is 0 Å². The van der Waals surface area contributed by atoms with Gasteiger partial charge >= 0.3 is 17.9 Å². The Morgan fingerprint density at radius 2 is 1.19 bits per heavy atom. The predicted octanol–water partition coefficient (Wildman–Crippen LogP) is 4.74. The highest BCUT2D eigenvalue weighted by Gasteiger charge is 2.22. The van der Waals surface area contributed by atoms with Crippen LogP contribution in [0.1, 0.15) is 42.2 Å². The van der Waals surface area contributed by atoms with Crippen LogP contribution in [0.3, 0.4) is 0 Å². The lowest BCUT2D eigenvalue weighted by molar-refractivity contribution is 0.0444. The molecule has 0 saturated heterocycles. The number of benzene rings is 3. The summed E-state index contributed by atoms with van der Waals surface area (Å²) < 4.78 is 15.7. The Morgan fingerprint density at radius 1 is 0.656 bits per heavy atom. The number of hydrogen-bond acceptors (Lipinski definition) is 6. The molecule has 3 aromatic rings. The summed E-state index contributed by atoms with van der Waals surface area (Å²) in [5.41, 5.74) is 1.66. The second-order valence-corrected chi connectivity index (χ2v) is 6.77. The third-order valence-electron chi connectivity index (χ3n) is 4.45. The molecule has 0 bridgehead atoms. The van der Waals surface area contributed by atoms with E-state index < -0.39 is 17.9 Å². The first-order chi connectivity index (χ1) is 15.6. The van der Waals surface area contributed by atoms with Crippen molar-refractivity contribution >= 4 is 17.9 Å². The molecule has 6 nitrogen and oxygen atoms in total. The Labute approximate surface area is 186 Å². The molecule has 162 valence electrons. The summed E-state index contributed by atoms with van der Waals surface area (Å²) in [4.78, 5) is 37.7. The molecule has 3 aromatic carbocycles. The van der Waals surface area contributed by atoms with E-state index in [9.17, 15) is 14.4 Å². The molecule has 0 heterocycles. The van der Waals surface area contributed by atoms with Gasteiger partial charge in [0.2, 0.25) is 0 Å². The van der Waals surface area contributed by atoms with Crippen LogP contribution in [0.5, 0.6) is 0 Å². The zero-order valence-corrected chi connectivity index (χ0v) is 17.4. The second kappa shape index (κ2) is 11.3. The van der Waals surface area contributed by atoms with Crippen molar-refractivity contribution in [2.45, 2.75) is 13.2 Å². The van der Waals surface area contributed by atoms with Crippen LogP contribution in [0.25, 0.3) is 0 Å². The summed E-state index contributed by atoms with van der Waals surface area (Å²) >= 11 is 0. The Kier molecular flexibility index (Phi) is 7.92. The van der Waals surface area contributed by atoms with Crippen LogP contribution in [0.4, 0.5) is 0 Å². The van der Waals surface area contributed by atoms with E-state index in [0.29, 0.717) is 0 Å². The first-order valence-corrected chi connectivity index (χ1v) is 9.92. The number of hydrogen-bond donors (Lipinski definition) is 0. The van der Waals surface area contributed by atoms with E-state index in [1.165, 1.54) is 24.3 Å². The molecule has 0 fully saturated rings. The van der Waals surface area contributed by atoms with Crippen molar-refractivity contribution in [2.24, 2.45) is 0 Å². The van der Waals surface area contributed by atoms with Gasteiger partial charge in [-0.3, -0.25) is 0 Å². The molecule has 0 aliphatic rings. The van der Waals surface area contributed by atoms with E-state index in [-0.39, 0.29) is 36.5 Å². The summed E-state index contributed by atoms with van der Waals surface area (Å²) in [6, 6.07) is 22.4. The zero-order chi connectivity index (χ0) is 22.8. The second-order valence-electron chi connectivity index (χ2n) is 6.77. The van der Waals surface area contributed by atoms with E-state index in [0.717, 1.165) is 11.1 Å².